The molecular formula is C28H38F5N5O4S2. The molecule has 1 aromatic carbocycles. The van der Waals surface area contributed by atoms with Crippen LogP contribution in [0.3, 0.4) is 0 Å². The molecular weight excluding hydrogens is 629 g/mol. The molecule has 0 aliphatic carbocycles. The number of aliphatic hydroxyl groups excluding tert-OH is 2. The van der Waals surface area contributed by atoms with Crippen molar-refractivity contribution < 1.29 is 40.6 Å². The van der Waals surface area contributed by atoms with Crippen molar-refractivity contribution in [2.24, 2.45) is 0 Å². The third kappa shape index (κ3) is 8.12. The Morgan fingerprint density at radius 3 is 2.48 bits per heavy atom. The molecule has 0 saturated carbocycles. The first kappa shape index (κ1) is 33.5. The maximum absolute atomic E-state index is 14.0. The third-order valence-corrected chi connectivity index (χ3v) is 10.7. The van der Waals surface area contributed by atoms with Gasteiger partial charge in [-0.1, -0.05) is 6.07 Å². The Kier molecular flexibility index (Phi) is 10.0. The number of aromatic nitrogens is 2. The van der Waals surface area contributed by atoms with Gasteiger partial charge in [0.05, 0.1) is 42.8 Å². The van der Waals surface area contributed by atoms with Crippen LogP contribution in [0, 0.1) is 0 Å². The van der Waals surface area contributed by atoms with Gasteiger partial charge in [0, 0.05) is 86.1 Å². The number of benzene rings is 1. The summed E-state index contributed by atoms with van der Waals surface area (Å²) in [5.41, 5.74) is 1.17. The third-order valence-electron chi connectivity index (χ3n) is 8.45. The zero-order valence-electron chi connectivity index (χ0n) is 24.4. The summed E-state index contributed by atoms with van der Waals surface area (Å²) in [4.78, 5) is 3.54. The smallest absolute Gasteiger partial charge is 0.393 e. The maximum Gasteiger partial charge on any atom is 0.417 e. The second-order valence-corrected chi connectivity index (χ2v) is 15.0. The Bertz CT molecular complexity index is 1430. The molecule has 2 aromatic rings. The molecule has 0 radical (unpaired) electrons. The number of alkyl halides is 5. The fourth-order valence-electron chi connectivity index (χ4n) is 6.10. The highest BCUT2D eigenvalue weighted by Crippen LogP contribution is 2.40. The van der Waals surface area contributed by atoms with Crippen LogP contribution in [-0.4, -0.2) is 118 Å². The number of piperidine rings is 1. The number of β-amino-alcohol motifs (C(OH)–C–C–N with tert-alkyl or cyclic N) is 1. The predicted octanol–water partition coefficient (Wildman–Crippen LogP) is 3.14. The Balaban J connectivity index is 1.42. The number of sulfonamides is 1. The van der Waals surface area contributed by atoms with Gasteiger partial charge in [-0.05, 0) is 25.0 Å². The van der Waals surface area contributed by atoms with Crippen molar-refractivity contribution in [1.82, 2.24) is 23.9 Å². The van der Waals surface area contributed by atoms with Crippen molar-refractivity contribution in [2.75, 3.05) is 57.8 Å². The van der Waals surface area contributed by atoms with E-state index in [1.165, 1.54) is 16.4 Å². The van der Waals surface area contributed by atoms with Crippen molar-refractivity contribution >= 4 is 21.8 Å². The van der Waals surface area contributed by atoms with Crippen LogP contribution in [0.15, 0.2) is 23.1 Å². The molecule has 2 N–H and O–H groups in total. The first-order valence-corrected chi connectivity index (χ1v) is 17.5. The molecule has 0 amide bonds. The highest BCUT2D eigenvalue weighted by atomic mass is 32.2. The number of hydrogen-bond acceptors (Lipinski definition) is 8. The zero-order valence-corrected chi connectivity index (χ0v) is 26.1. The van der Waals surface area contributed by atoms with Gasteiger partial charge in [0.25, 0.3) is 5.92 Å². The van der Waals surface area contributed by atoms with Crippen molar-refractivity contribution in [2.45, 2.75) is 68.0 Å². The molecule has 5 rings (SSSR count). The first-order chi connectivity index (χ1) is 20.6. The lowest BCUT2D eigenvalue weighted by molar-refractivity contribution is -0.139. The van der Waals surface area contributed by atoms with E-state index in [1.54, 1.807) is 9.58 Å². The molecule has 0 bridgehead atoms. The topological polar surface area (TPSA) is 102 Å². The molecule has 3 aliphatic rings. The summed E-state index contributed by atoms with van der Waals surface area (Å²) in [5, 5.41) is 25.4. The largest absolute Gasteiger partial charge is 0.417 e. The lowest BCUT2D eigenvalue weighted by atomic mass is 10.0. The second kappa shape index (κ2) is 13.1. The number of halogens is 5. The van der Waals surface area contributed by atoms with E-state index in [0.717, 1.165) is 29.8 Å². The van der Waals surface area contributed by atoms with Gasteiger partial charge in [0.1, 0.15) is 0 Å². The average molecular weight is 668 g/mol. The molecule has 1 unspecified atom stereocenters. The van der Waals surface area contributed by atoms with E-state index in [-0.39, 0.29) is 55.9 Å². The minimum absolute atomic E-state index is 0.00369. The molecule has 16 heteroatoms. The SMILES string of the molecule is CS(=O)(=O)N1CCc2c(c(-c3ccc(C(F)(F)F)c(SCCN4CCC(F)(F)C4)c3)nn2CC(O)CN2CCC(O)CC2)C1. The monoisotopic (exact) mass is 667 g/mol. The Labute approximate surface area is 258 Å². The van der Waals surface area contributed by atoms with Gasteiger partial charge in [-0.3, -0.25) is 9.58 Å². The summed E-state index contributed by atoms with van der Waals surface area (Å²) in [6.07, 6.45) is -3.41. The Morgan fingerprint density at radius 1 is 1.11 bits per heavy atom. The number of nitrogens with zero attached hydrogens (tertiary/aromatic N) is 5. The molecule has 44 heavy (non-hydrogen) atoms. The van der Waals surface area contributed by atoms with E-state index in [2.05, 4.69) is 4.90 Å². The predicted molar refractivity (Wildman–Crippen MR) is 156 cm³/mol. The van der Waals surface area contributed by atoms with Gasteiger partial charge < -0.3 is 15.1 Å². The molecule has 246 valence electrons. The summed E-state index contributed by atoms with van der Waals surface area (Å²) < 4.78 is 96.8. The highest BCUT2D eigenvalue weighted by Gasteiger charge is 2.38. The molecule has 2 fully saturated rings. The normalized spacial score (nSPS) is 21.5. The van der Waals surface area contributed by atoms with Gasteiger partial charge in [-0.25, -0.2) is 17.2 Å². The lowest BCUT2D eigenvalue weighted by Crippen LogP contribution is -2.41. The van der Waals surface area contributed by atoms with Crippen LogP contribution in [0.1, 0.15) is 36.1 Å². The van der Waals surface area contributed by atoms with E-state index in [0.29, 0.717) is 55.7 Å². The standard InChI is InChI=1S/C28H38F5N5O4S2/c1-44(41,42)37-10-6-24-22(17-37)26(34-38(24)16-21(40)15-35-8-4-20(39)5-9-35)19-2-3-23(28(31,32)33)25(14-19)43-13-12-36-11-7-27(29,30)18-36/h2-3,14,20-21,39-40H,4-13,15-18H2,1H3. The molecule has 2 saturated heterocycles. The van der Waals surface area contributed by atoms with Gasteiger partial charge in [-0.2, -0.15) is 22.6 Å². The summed E-state index contributed by atoms with van der Waals surface area (Å²) in [6.45, 7) is 1.96. The number of aliphatic hydroxyl groups is 2. The minimum Gasteiger partial charge on any atom is -0.393 e. The molecule has 0 spiro atoms. The number of likely N-dealkylation sites (tertiary alicyclic amines) is 2. The van der Waals surface area contributed by atoms with E-state index in [1.807, 2.05) is 0 Å². The second-order valence-electron chi connectivity index (χ2n) is 11.9. The zero-order chi connectivity index (χ0) is 31.9. The maximum atomic E-state index is 14.0. The van der Waals surface area contributed by atoms with Gasteiger partial charge in [-0.15, -0.1) is 11.8 Å². The molecule has 3 aliphatic heterocycles. The number of rotatable bonds is 10. The van der Waals surface area contributed by atoms with Crippen LogP contribution in [0.5, 0.6) is 0 Å². The van der Waals surface area contributed by atoms with E-state index < -0.39 is 40.3 Å². The van der Waals surface area contributed by atoms with E-state index in [4.69, 9.17) is 5.10 Å². The van der Waals surface area contributed by atoms with Crippen LogP contribution in [0.2, 0.25) is 0 Å². The van der Waals surface area contributed by atoms with Crippen LogP contribution >= 0.6 is 11.8 Å². The Hall–Kier alpha value is -1.82. The molecule has 4 heterocycles. The lowest BCUT2D eigenvalue weighted by Gasteiger charge is -2.31. The van der Waals surface area contributed by atoms with Gasteiger partial charge in [0.15, 0.2) is 0 Å². The van der Waals surface area contributed by atoms with Crippen molar-refractivity contribution in [3.63, 3.8) is 0 Å². The van der Waals surface area contributed by atoms with Crippen LogP contribution in [-0.2, 0) is 35.7 Å². The molecule has 1 aromatic heterocycles. The number of thioether (sulfide) groups is 1. The summed E-state index contributed by atoms with van der Waals surface area (Å²) >= 11 is 0.938. The molecule has 1 atom stereocenters. The number of fused-ring (bicyclic) bond motifs is 1. The number of hydrogen-bond donors (Lipinski definition) is 2. The quantitative estimate of drug-likeness (QED) is 0.295. The van der Waals surface area contributed by atoms with Crippen LogP contribution in [0.4, 0.5) is 22.0 Å². The van der Waals surface area contributed by atoms with Crippen LogP contribution in [0.25, 0.3) is 11.3 Å². The summed E-state index contributed by atoms with van der Waals surface area (Å²) in [5.74, 6) is -2.61. The fourth-order valence-corrected chi connectivity index (χ4v) is 8.00. The first-order valence-electron chi connectivity index (χ1n) is 14.7. The van der Waals surface area contributed by atoms with Crippen LogP contribution < -0.4 is 0 Å². The van der Waals surface area contributed by atoms with E-state index in [9.17, 15) is 40.6 Å². The molecule has 9 nitrogen and oxygen atoms in total. The van der Waals surface area contributed by atoms with Gasteiger partial charge >= 0.3 is 6.18 Å². The Morgan fingerprint density at radius 2 is 1.84 bits per heavy atom. The van der Waals surface area contributed by atoms with Gasteiger partial charge in [0.2, 0.25) is 10.0 Å². The highest BCUT2D eigenvalue weighted by molar-refractivity contribution is 7.99. The average Bonchev–Trinajstić information content (AvgIpc) is 3.47. The van der Waals surface area contributed by atoms with Crippen molar-refractivity contribution in [3.8, 4) is 11.3 Å². The minimum atomic E-state index is -4.64. The summed E-state index contributed by atoms with van der Waals surface area (Å²) in [7, 11) is -3.56. The van der Waals surface area contributed by atoms with Crippen molar-refractivity contribution in [1.29, 1.82) is 0 Å². The fraction of sp³-hybridized carbons (Fsp3) is 0.679. The van der Waals surface area contributed by atoms with E-state index >= 15 is 0 Å². The summed E-state index contributed by atoms with van der Waals surface area (Å²) in [6, 6.07) is 3.67. The van der Waals surface area contributed by atoms with Crippen molar-refractivity contribution in [3.05, 3.63) is 35.0 Å².